The van der Waals surface area contributed by atoms with Gasteiger partial charge < -0.3 is 15.0 Å². The lowest BCUT2D eigenvalue weighted by Gasteiger charge is -2.16. The van der Waals surface area contributed by atoms with Crippen LogP contribution >= 0.6 is 22.6 Å². The van der Waals surface area contributed by atoms with Crippen LogP contribution in [-0.2, 0) is 6.54 Å². The largest absolute Gasteiger partial charge is 0.383 e. The Morgan fingerprint density at radius 2 is 1.97 bits per heavy atom. The summed E-state index contributed by atoms with van der Waals surface area (Å²) in [6, 6.07) is 12.5. The zero-order valence-corrected chi connectivity index (χ0v) is 20.2. The number of pyridine rings is 2. The second-order valence-electron chi connectivity index (χ2n) is 8.10. The highest BCUT2D eigenvalue weighted by molar-refractivity contribution is 14.1. The average Bonchev–Trinajstić information content (AvgIpc) is 3.32. The first-order valence-electron chi connectivity index (χ1n) is 10.3. The molecule has 5 aromatic rings. The molecule has 0 aliphatic heterocycles. The number of nitrogens with two attached hydrogens (primary N) is 1. The maximum Gasteiger partial charge on any atom is 0.165 e. The van der Waals surface area contributed by atoms with Crippen molar-refractivity contribution in [2.45, 2.75) is 19.5 Å². The minimum atomic E-state index is -0.0930. The van der Waals surface area contributed by atoms with Crippen LogP contribution in [-0.4, -0.2) is 48.1 Å². The van der Waals surface area contributed by atoms with Gasteiger partial charge >= 0.3 is 0 Å². The molecule has 0 aliphatic carbocycles. The summed E-state index contributed by atoms with van der Waals surface area (Å²) in [7, 11) is 4.14. The van der Waals surface area contributed by atoms with Crippen LogP contribution in [0.2, 0.25) is 0 Å². The van der Waals surface area contributed by atoms with E-state index in [1.54, 1.807) is 0 Å². The third-order valence-corrected chi connectivity index (χ3v) is 6.32. The minimum absolute atomic E-state index is 0.0930. The van der Waals surface area contributed by atoms with E-state index in [0.29, 0.717) is 5.82 Å². The lowest BCUT2D eigenvalue weighted by molar-refractivity contribution is 0.402. The Kier molecular flexibility index (Phi) is 5.30. The molecule has 0 fully saturated rings. The summed E-state index contributed by atoms with van der Waals surface area (Å²) in [6.45, 7) is 2.98. The number of aromatic nitrogens is 6. The van der Waals surface area contributed by atoms with Gasteiger partial charge in [-0.25, -0.2) is 14.6 Å². The molecule has 2 N–H and O–H groups in total. The lowest BCUT2D eigenvalue weighted by atomic mass is 10.1. The maximum absolute atomic E-state index is 6.12. The number of hydrogen-bond donors (Lipinski definition) is 1. The summed E-state index contributed by atoms with van der Waals surface area (Å²) >= 11 is 2.19. The van der Waals surface area contributed by atoms with E-state index in [1.807, 2.05) is 23.0 Å². The van der Waals surface area contributed by atoms with Crippen molar-refractivity contribution in [2.75, 3.05) is 19.8 Å². The fourth-order valence-electron chi connectivity index (χ4n) is 4.16. The normalized spacial score (nSPS) is 12.8. The van der Waals surface area contributed by atoms with Gasteiger partial charge in [0, 0.05) is 30.0 Å². The molecular weight excluding hydrogens is 515 g/mol. The first-order valence-corrected chi connectivity index (χ1v) is 11.4. The molecule has 0 radical (unpaired) electrons. The molecule has 8 nitrogen and oxygen atoms in total. The predicted molar refractivity (Wildman–Crippen MR) is 134 cm³/mol. The number of hydrogen-bond acceptors (Lipinski definition) is 6. The molecule has 0 aromatic carbocycles. The molecule has 0 aliphatic rings. The van der Waals surface area contributed by atoms with Gasteiger partial charge in [0.15, 0.2) is 5.65 Å². The Labute approximate surface area is 199 Å². The standard InChI is InChI=1S/C23H23IN8/c1-14(32-23-19(21(24)29-32)22(25)27-13-28-23)17-11-16-6-4-5-9-31(16)20(17)18-10-15(7-8-26-18)12-30(2)3/h4-11,13-14H,12H2,1-3H3,(H2,25,27,28). The molecule has 0 saturated heterocycles. The first-order chi connectivity index (χ1) is 15.4. The molecule has 1 atom stereocenters. The Morgan fingerprint density at radius 3 is 2.78 bits per heavy atom. The van der Waals surface area contributed by atoms with Gasteiger partial charge in [-0.1, -0.05) is 6.07 Å². The number of nitrogen functional groups attached to an aromatic ring is 1. The molecule has 0 amide bonds. The van der Waals surface area contributed by atoms with Gasteiger partial charge in [-0.3, -0.25) is 4.98 Å². The number of halogens is 1. The van der Waals surface area contributed by atoms with E-state index in [4.69, 9.17) is 15.8 Å². The Hall–Kier alpha value is -3.05. The quantitative estimate of drug-likeness (QED) is 0.341. The van der Waals surface area contributed by atoms with Gasteiger partial charge in [-0.15, -0.1) is 0 Å². The summed E-state index contributed by atoms with van der Waals surface area (Å²) in [5.74, 6) is 0.443. The van der Waals surface area contributed by atoms with Crippen LogP contribution < -0.4 is 5.73 Å². The highest BCUT2D eigenvalue weighted by Gasteiger charge is 2.24. The van der Waals surface area contributed by atoms with Crippen LogP contribution in [0.25, 0.3) is 27.9 Å². The van der Waals surface area contributed by atoms with E-state index in [1.165, 1.54) is 11.9 Å². The van der Waals surface area contributed by atoms with Crippen LogP contribution in [0.4, 0.5) is 5.82 Å². The molecule has 0 bridgehead atoms. The third-order valence-electron chi connectivity index (χ3n) is 5.57. The van der Waals surface area contributed by atoms with Crippen LogP contribution in [0.15, 0.2) is 55.1 Å². The highest BCUT2D eigenvalue weighted by atomic mass is 127. The van der Waals surface area contributed by atoms with Crippen molar-refractivity contribution in [1.29, 1.82) is 0 Å². The van der Waals surface area contributed by atoms with Gasteiger partial charge in [-0.2, -0.15) is 5.10 Å². The number of rotatable bonds is 5. The van der Waals surface area contributed by atoms with E-state index in [2.05, 4.69) is 93.3 Å². The molecular formula is C23H23IN8. The summed E-state index contributed by atoms with van der Waals surface area (Å²) in [5, 5.41) is 5.56. The predicted octanol–water partition coefficient (Wildman–Crippen LogP) is 4.00. The zero-order valence-electron chi connectivity index (χ0n) is 18.1. The summed E-state index contributed by atoms with van der Waals surface area (Å²) in [4.78, 5) is 15.5. The van der Waals surface area contributed by atoms with E-state index in [9.17, 15) is 0 Å². The van der Waals surface area contributed by atoms with E-state index < -0.39 is 0 Å². The second-order valence-corrected chi connectivity index (χ2v) is 9.12. The van der Waals surface area contributed by atoms with E-state index >= 15 is 0 Å². The molecule has 0 spiro atoms. The van der Waals surface area contributed by atoms with Crippen molar-refractivity contribution in [1.82, 2.24) is 34.0 Å². The number of fused-ring (bicyclic) bond motifs is 2. The van der Waals surface area contributed by atoms with Crippen LogP contribution in [0, 0.1) is 3.70 Å². The highest BCUT2D eigenvalue weighted by Crippen LogP contribution is 2.35. The van der Waals surface area contributed by atoms with E-state index in [0.717, 1.165) is 43.7 Å². The summed E-state index contributed by atoms with van der Waals surface area (Å²) in [5.41, 5.74) is 12.3. The Morgan fingerprint density at radius 1 is 1.12 bits per heavy atom. The maximum atomic E-state index is 6.12. The van der Waals surface area contributed by atoms with Gasteiger partial charge in [0.2, 0.25) is 0 Å². The minimum Gasteiger partial charge on any atom is -0.383 e. The Bertz CT molecular complexity index is 1440. The van der Waals surface area contributed by atoms with Crippen molar-refractivity contribution in [3.8, 4) is 11.4 Å². The lowest BCUT2D eigenvalue weighted by Crippen LogP contribution is -2.12. The average molecular weight is 538 g/mol. The van der Waals surface area contributed by atoms with Crippen molar-refractivity contribution in [3.05, 3.63) is 69.9 Å². The molecule has 5 rings (SSSR count). The third kappa shape index (κ3) is 3.51. The number of anilines is 1. The van der Waals surface area contributed by atoms with Crippen LogP contribution in [0.1, 0.15) is 24.1 Å². The Balaban J connectivity index is 1.72. The summed E-state index contributed by atoms with van der Waals surface area (Å²) in [6.07, 6.45) is 5.44. The summed E-state index contributed by atoms with van der Waals surface area (Å²) < 4.78 is 4.91. The SMILES string of the molecule is CC(c1cc2ccccn2c1-c1cc(CN(C)C)ccn1)n1nc(I)c2c(N)ncnc21. The van der Waals surface area contributed by atoms with Crippen molar-refractivity contribution >= 4 is 45.0 Å². The molecule has 162 valence electrons. The molecule has 32 heavy (non-hydrogen) atoms. The molecule has 5 aromatic heterocycles. The first kappa shape index (κ1) is 20.8. The fraction of sp³-hybridized carbons (Fsp3) is 0.217. The van der Waals surface area contributed by atoms with Crippen LogP contribution in [0.5, 0.6) is 0 Å². The van der Waals surface area contributed by atoms with Gasteiger partial charge in [-0.05, 0) is 79.5 Å². The molecule has 1 unspecified atom stereocenters. The second kappa shape index (κ2) is 8.14. The van der Waals surface area contributed by atoms with Gasteiger partial charge in [0.25, 0.3) is 0 Å². The fourth-order valence-corrected chi connectivity index (χ4v) is 4.91. The monoisotopic (exact) mass is 538 g/mol. The molecule has 9 heteroatoms. The van der Waals surface area contributed by atoms with Crippen molar-refractivity contribution < 1.29 is 0 Å². The topological polar surface area (TPSA) is 90.2 Å². The van der Waals surface area contributed by atoms with Crippen LogP contribution in [0.3, 0.4) is 0 Å². The van der Waals surface area contributed by atoms with Crippen molar-refractivity contribution in [2.24, 2.45) is 0 Å². The van der Waals surface area contributed by atoms with Gasteiger partial charge in [0.1, 0.15) is 15.8 Å². The number of nitrogens with zero attached hydrogens (tertiary/aromatic N) is 7. The molecule has 0 saturated carbocycles. The zero-order chi connectivity index (χ0) is 22.4. The van der Waals surface area contributed by atoms with Gasteiger partial charge in [0.05, 0.1) is 22.8 Å². The smallest absolute Gasteiger partial charge is 0.165 e. The van der Waals surface area contributed by atoms with E-state index in [-0.39, 0.29) is 6.04 Å². The van der Waals surface area contributed by atoms with Crippen molar-refractivity contribution in [3.63, 3.8) is 0 Å². The molecule has 5 heterocycles.